The van der Waals surface area contributed by atoms with Crippen molar-refractivity contribution in [2.75, 3.05) is 13.6 Å². The molecule has 0 fully saturated rings. The van der Waals surface area contributed by atoms with Crippen LogP contribution in [-0.4, -0.2) is 29.4 Å². The van der Waals surface area contributed by atoms with Gasteiger partial charge in [-0.1, -0.05) is 5.92 Å². The fourth-order valence-corrected chi connectivity index (χ4v) is 1.01. The minimum Gasteiger partial charge on any atom is -0.331 e. The zero-order valence-corrected chi connectivity index (χ0v) is 7.78. The molecule has 1 rings (SSSR count). The number of hydrogen-bond acceptors (Lipinski definition) is 2. The Morgan fingerprint density at radius 3 is 3.00 bits per heavy atom. The first kappa shape index (κ1) is 10.1. The van der Waals surface area contributed by atoms with Crippen LogP contribution in [0.25, 0.3) is 0 Å². The van der Waals surface area contributed by atoms with Gasteiger partial charge in [0, 0.05) is 24.9 Å². The van der Waals surface area contributed by atoms with E-state index in [1.54, 1.807) is 7.05 Å². The monoisotopic (exact) mass is 190 g/mol. The highest BCUT2D eigenvalue weighted by Gasteiger charge is 2.09. The average Bonchev–Trinajstić information content (AvgIpc) is 2.17. The summed E-state index contributed by atoms with van der Waals surface area (Å²) in [6.07, 6.45) is 6.49. The van der Waals surface area contributed by atoms with Gasteiger partial charge in [-0.05, 0) is 6.07 Å². The molecule has 0 radical (unpaired) electrons. The number of aromatic nitrogens is 1. The van der Waals surface area contributed by atoms with Gasteiger partial charge in [-0.25, -0.2) is 0 Å². The molecule has 0 bridgehead atoms. The first-order valence-electron chi connectivity index (χ1n) is 4.03. The Labute approximate surface area is 81.6 Å². The molecule has 0 aliphatic carbocycles. The smallest absolute Gasteiger partial charge is 0.254 e. The van der Waals surface area contributed by atoms with E-state index >= 15 is 0 Å². The first-order chi connectivity index (χ1) is 6.65. The summed E-state index contributed by atoms with van der Waals surface area (Å²) in [6, 6.07) is 2.78. The zero-order chi connectivity index (χ0) is 10.6. The second kappa shape index (κ2) is 4.28. The summed E-state index contributed by atoms with van der Waals surface area (Å²) in [5.41, 5.74) is 0.0384. The van der Waals surface area contributed by atoms with Crippen LogP contribution in [0.15, 0.2) is 23.1 Å². The van der Waals surface area contributed by atoms with Gasteiger partial charge in [0.1, 0.15) is 0 Å². The first-order valence-corrected chi connectivity index (χ1v) is 4.03. The van der Waals surface area contributed by atoms with E-state index in [-0.39, 0.29) is 18.0 Å². The topological polar surface area (TPSA) is 53.2 Å². The second-order valence-corrected chi connectivity index (χ2v) is 2.81. The number of aromatic amines is 1. The molecule has 0 aliphatic heterocycles. The fourth-order valence-electron chi connectivity index (χ4n) is 1.01. The molecular weight excluding hydrogens is 180 g/mol. The van der Waals surface area contributed by atoms with Crippen LogP contribution in [0.4, 0.5) is 0 Å². The van der Waals surface area contributed by atoms with Crippen molar-refractivity contribution in [3.8, 4) is 12.3 Å². The zero-order valence-electron chi connectivity index (χ0n) is 7.78. The van der Waals surface area contributed by atoms with E-state index in [9.17, 15) is 9.59 Å². The minimum atomic E-state index is -0.301. The predicted molar refractivity (Wildman–Crippen MR) is 52.9 cm³/mol. The highest BCUT2D eigenvalue weighted by Crippen LogP contribution is 1.98. The number of H-pyrrole nitrogens is 1. The summed E-state index contributed by atoms with van der Waals surface area (Å²) in [7, 11) is 1.59. The summed E-state index contributed by atoms with van der Waals surface area (Å²) < 4.78 is 0. The van der Waals surface area contributed by atoms with E-state index in [1.807, 2.05) is 0 Å². The SMILES string of the molecule is C#CCN(C)C(=O)c1cc[nH]c(=O)c1. The van der Waals surface area contributed by atoms with E-state index in [4.69, 9.17) is 6.42 Å². The lowest BCUT2D eigenvalue weighted by molar-refractivity contribution is 0.0812. The van der Waals surface area contributed by atoms with E-state index in [1.165, 1.54) is 23.2 Å². The molecule has 0 unspecified atom stereocenters. The van der Waals surface area contributed by atoms with Crippen LogP contribution in [0.5, 0.6) is 0 Å². The van der Waals surface area contributed by atoms with Crippen molar-refractivity contribution in [1.82, 2.24) is 9.88 Å². The number of carbonyl (C=O) groups is 1. The fraction of sp³-hybridized carbons (Fsp3) is 0.200. The lowest BCUT2D eigenvalue weighted by atomic mass is 10.2. The second-order valence-electron chi connectivity index (χ2n) is 2.81. The van der Waals surface area contributed by atoms with Crippen LogP contribution in [0.3, 0.4) is 0 Å². The lowest BCUT2D eigenvalue weighted by Crippen LogP contribution is -2.27. The predicted octanol–water partition coefficient (Wildman–Crippen LogP) is 0.0801. The quantitative estimate of drug-likeness (QED) is 0.671. The molecule has 1 heterocycles. The molecular formula is C10H10N2O2. The summed E-state index contributed by atoms with van der Waals surface area (Å²) in [5, 5.41) is 0. The van der Waals surface area contributed by atoms with Crippen LogP contribution in [0.1, 0.15) is 10.4 Å². The van der Waals surface area contributed by atoms with E-state index < -0.39 is 0 Å². The maximum absolute atomic E-state index is 11.6. The molecule has 0 atom stereocenters. The number of pyridine rings is 1. The highest BCUT2D eigenvalue weighted by molar-refractivity contribution is 5.93. The van der Waals surface area contributed by atoms with Crippen LogP contribution >= 0.6 is 0 Å². The highest BCUT2D eigenvalue weighted by atomic mass is 16.2. The Bertz CT molecular complexity index is 428. The minimum absolute atomic E-state index is 0.228. The van der Waals surface area contributed by atoms with Crippen molar-refractivity contribution in [2.24, 2.45) is 0 Å². The van der Waals surface area contributed by atoms with E-state index in [2.05, 4.69) is 10.9 Å². The molecule has 4 heteroatoms. The third kappa shape index (κ3) is 2.23. The third-order valence-corrected chi connectivity index (χ3v) is 1.70. The van der Waals surface area contributed by atoms with Crippen LogP contribution in [0, 0.1) is 12.3 Å². The van der Waals surface area contributed by atoms with Crippen LogP contribution < -0.4 is 5.56 Å². The number of carbonyl (C=O) groups excluding carboxylic acids is 1. The Hall–Kier alpha value is -2.02. The Morgan fingerprint density at radius 2 is 2.43 bits per heavy atom. The summed E-state index contributed by atoms with van der Waals surface area (Å²) in [5.74, 6) is 2.10. The molecule has 1 aromatic rings. The molecule has 0 aliphatic rings. The van der Waals surface area contributed by atoms with Crippen molar-refractivity contribution < 1.29 is 4.79 Å². The molecule has 4 nitrogen and oxygen atoms in total. The van der Waals surface area contributed by atoms with Gasteiger partial charge < -0.3 is 9.88 Å². The summed E-state index contributed by atoms with van der Waals surface area (Å²) >= 11 is 0. The Morgan fingerprint density at radius 1 is 1.71 bits per heavy atom. The Kier molecular flexibility index (Phi) is 3.08. The van der Waals surface area contributed by atoms with Gasteiger partial charge >= 0.3 is 0 Å². The molecule has 14 heavy (non-hydrogen) atoms. The molecule has 0 aromatic carbocycles. The molecule has 1 aromatic heterocycles. The van der Waals surface area contributed by atoms with Gasteiger partial charge in [-0.3, -0.25) is 9.59 Å². The van der Waals surface area contributed by atoms with Crippen molar-refractivity contribution in [3.63, 3.8) is 0 Å². The van der Waals surface area contributed by atoms with Gasteiger partial charge in [0.25, 0.3) is 5.91 Å². The summed E-state index contributed by atoms with van der Waals surface area (Å²) in [6.45, 7) is 0.228. The molecule has 0 saturated heterocycles. The molecule has 0 spiro atoms. The number of amides is 1. The van der Waals surface area contributed by atoms with Gasteiger partial charge in [-0.2, -0.15) is 0 Å². The Balaban J connectivity index is 2.91. The number of rotatable bonds is 2. The number of terminal acetylenes is 1. The molecule has 1 amide bonds. The summed E-state index contributed by atoms with van der Waals surface area (Å²) in [4.78, 5) is 26.3. The van der Waals surface area contributed by atoms with Gasteiger partial charge in [-0.15, -0.1) is 6.42 Å². The van der Waals surface area contributed by atoms with Crippen molar-refractivity contribution >= 4 is 5.91 Å². The van der Waals surface area contributed by atoms with E-state index in [0.717, 1.165) is 0 Å². The van der Waals surface area contributed by atoms with E-state index in [0.29, 0.717) is 5.56 Å². The molecule has 1 N–H and O–H groups in total. The van der Waals surface area contributed by atoms with Crippen molar-refractivity contribution in [2.45, 2.75) is 0 Å². The maximum Gasteiger partial charge on any atom is 0.254 e. The van der Waals surface area contributed by atoms with Gasteiger partial charge in [0.2, 0.25) is 5.56 Å². The van der Waals surface area contributed by atoms with Gasteiger partial charge in [0.05, 0.1) is 6.54 Å². The number of nitrogens with one attached hydrogen (secondary N) is 1. The van der Waals surface area contributed by atoms with Crippen LogP contribution in [0.2, 0.25) is 0 Å². The van der Waals surface area contributed by atoms with Crippen molar-refractivity contribution in [1.29, 1.82) is 0 Å². The third-order valence-electron chi connectivity index (χ3n) is 1.70. The largest absolute Gasteiger partial charge is 0.331 e. The van der Waals surface area contributed by atoms with Crippen LogP contribution in [-0.2, 0) is 0 Å². The van der Waals surface area contributed by atoms with Crippen molar-refractivity contribution in [3.05, 3.63) is 34.2 Å². The normalized spacial score (nSPS) is 9.14. The molecule has 0 saturated carbocycles. The maximum atomic E-state index is 11.6. The number of nitrogens with zero attached hydrogens (tertiary/aromatic N) is 1. The van der Waals surface area contributed by atoms with Gasteiger partial charge in [0.15, 0.2) is 0 Å². The lowest BCUT2D eigenvalue weighted by Gasteiger charge is -2.12. The molecule has 72 valence electrons. The standard InChI is InChI=1S/C10H10N2O2/c1-3-6-12(2)10(14)8-4-5-11-9(13)7-8/h1,4-5,7H,6H2,2H3,(H,11,13). The number of hydrogen-bond donors (Lipinski definition) is 1. The average molecular weight is 190 g/mol.